The number of carbonyl (C=O) groups excluding carboxylic acids is 2. The summed E-state index contributed by atoms with van der Waals surface area (Å²) in [5, 5.41) is 10.2. The molecule has 2 N–H and O–H groups in total. The molecule has 1 amide bonds. The number of aromatic nitrogens is 2. The van der Waals surface area contributed by atoms with Crippen LogP contribution in [0.3, 0.4) is 0 Å². The summed E-state index contributed by atoms with van der Waals surface area (Å²) >= 11 is 5.97. The molecule has 0 spiro atoms. The molecular weight excluding hydrogens is 412 g/mol. The van der Waals surface area contributed by atoms with Crippen LogP contribution in [0.25, 0.3) is 10.9 Å². The molecule has 2 aromatic carbocycles. The molecule has 0 atom stereocenters. The van der Waals surface area contributed by atoms with E-state index in [4.69, 9.17) is 11.6 Å². The second kappa shape index (κ2) is 8.52. The summed E-state index contributed by atoms with van der Waals surface area (Å²) in [6, 6.07) is 8.04. The van der Waals surface area contributed by atoms with E-state index in [-0.39, 0.29) is 34.2 Å². The predicted octanol–water partition coefficient (Wildman–Crippen LogP) is 5.51. The van der Waals surface area contributed by atoms with Crippen LogP contribution in [-0.4, -0.2) is 21.9 Å². The first kappa shape index (κ1) is 20.5. The van der Waals surface area contributed by atoms with E-state index in [1.807, 2.05) is 0 Å². The molecule has 0 unspecified atom stereocenters. The Hall–Kier alpha value is -2.80. The summed E-state index contributed by atoms with van der Waals surface area (Å²) in [5.74, 6) is -1.18. The van der Waals surface area contributed by atoms with E-state index in [0.717, 1.165) is 18.9 Å². The average molecular weight is 432 g/mol. The molecule has 0 aliphatic heterocycles. The van der Waals surface area contributed by atoms with Gasteiger partial charge in [0.1, 0.15) is 17.3 Å². The fraction of sp³-hybridized carbons (Fsp3) is 0.318. The lowest BCUT2D eigenvalue weighted by Crippen LogP contribution is -2.28. The van der Waals surface area contributed by atoms with Gasteiger partial charge in [0.2, 0.25) is 5.91 Å². The van der Waals surface area contributed by atoms with Crippen LogP contribution in [0, 0.1) is 23.5 Å². The van der Waals surface area contributed by atoms with Crippen LogP contribution >= 0.6 is 11.6 Å². The Bertz CT molecular complexity index is 1110. The largest absolute Gasteiger partial charge is 0.325 e. The minimum Gasteiger partial charge on any atom is -0.325 e. The number of halogens is 3. The predicted molar refractivity (Wildman–Crippen MR) is 110 cm³/mol. The molecule has 8 heteroatoms. The average Bonchev–Trinajstić information content (AvgIpc) is 3.13. The van der Waals surface area contributed by atoms with Crippen LogP contribution in [-0.2, 0) is 4.79 Å². The van der Waals surface area contributed by atoms with E-state index in [2.05, 4.69) is 15.5 Å². The third-order valence-electron chi connectivity index (χ3n) is 5.67. The summed E-state index contributed by atoms with van der Waals surface area (Å²) in [5.41, 5.74) is 1.27. The zero-order chi connectivity index (χ0) is 21.3. The summed E-state index contributed by atoms with van der Waals surface area (Å²) in [4.78, 5) is 25.2. The number of fused-ring (bicyclic) bond motifs is 1. The lowest BCUT2D eigenvalue weighted by molar-refractivity contribution is -0.121. The highest BCUT2D eigenvalue weighted by Gasteiger charge is 2.29. The summed E-state index contributed by atoms with van der Waals surface area (Å²) in [6.07, 6.45) is 3.08. The highest BCUT2D eigenvalue weighted by molar-refractivity contribution is 6.33. The van der Waals surface area contributed by atoms with Gasteiger partial charge >= 0.3 is 0 Å². The van der Waals surface area contributed by atoms with Gasteiger partial charge in [0.05, 0.1) is 16.2 Å². The normalized spacial score (nSPS) is 19.0. The number of nitrogens with zero attached hydrogens (tertiary/aromatic N) is 1. The highest BCUT2D eigenvalue weighted by Crippen LogP contribution is 2.33. The van der Waals surface area contributed by atoms with E-state index in [0.29, 0.717) is 35.9 Å². The number of rotatable bonds is 5. The molecule has 1 aliphatic rings. The minimum absolute atomic E-state index is 0.127. The molecule has 1 saturated carbocycles. The Kier molecular flexibility index (Phi) is 5.81. The van der Waals surface area contributed by atoms with Crippen molar-refractivity contribution in [1.29, 1.82) is 0 Å². The number of aromatic amines is 1. The van der Waals surface area contributed by atoms with Crippen molar-refractivity contribution in [3.63, 3.8) is 0 Å². The first-order valence-electron chi connectivity index (χ1n) is 9.83. The van der Waals surface area contributed by atoms with Crippen molar-refractivity contribution in [3.8, 4) is 0 Å². The number of carbonyl (C=O) groups is 2. The molecule has 3 aromatic rings. The number of benzene rings is 2. The smallest absolute Gasteiger partial charge is 0.227 e. The number of amides is 1. The standard InChI is InChI=1S/C22H20ClF2N3O2/c23-17-11-15(25)6-8-19(17)26-22(30)13-3-1-12(2-4-13)9-20(29)21-16-10-14(24)5-7-18(16)27-28-21/h5-8,10-13H,1-4,9H2,(H,26,30)(H,27,28). The maximum absolute atomic E-state index is 13.5. The van der Waals surface area contributed by atoms with E-state index in [9.17, 15) is 18.4 Å². The quantitative estimate of drug-likeness (QED) is 0.523. The lowest BCUT2D eigenvalue weighted by Gasteiger charge is -2.27. The Morgan fingerprint density at radius 1 is 1.07 bits per heavy atom. The molecule has 0 bridgehead atoms. The van der Waals surface area contributed by atoms with Crippen molar-refractivity contribution < 1.29 is 18.4 Å². The molecule has 5 nitrogen and oxygen atoms in total. The molecule has 1 heterocycles. The number of hydrogen-bond acceptors (Lipinski definition) is 3. The Morgan fingerprint density at radius 3 is 2.50 bits per heavy atom. The van der Waals surface area contributed by atoms with Crippen LogP contribution in [0.4, 0.5) is 14.5 Å². The molecule has 156 valence electrons. The Morgan fingerprint density at radius 2 is 1.77 bits per heavy atom. The molecule has 1 aliphatic carbocycles. The Balaban J connectivity index is 1.33. The topological polar surface area (TPSA) is 74.8 Å². The maximum Gasteiger partial charge on any atom is 0.227 e. The summed E-state index contributed by atoms with van der Waals surface area (Å²) < 4.78 is 26.7. The second-order valence-electron chi connectivity index (χ2n) is 7.72. The summed E-state index contributed by atoms with van der Waals surface area (Å²) in [6.45, 7) is 0. The maximum atomic E-state index is 13.5. The van der Waals surface area contributed by atoms with Gasteiger partial charge in [-0.1, -0.05) is 11.6 Å². The lowest BCUT2D eigenvalue weighted by atomic mass is 9.79. The van der Waals surface area contributed by atoms with E-state index in [1.165, 1.54) is 24.3 Å². The van der Waals surface area contributed by atoms with Gasteiger partial charge in [0.25, 0.3) is 0 Å². The third kappa shape index (κ3) is 4.36. The number of ketones is 1. The van der Waals surface area contributed by atoms with Crippen molar-refractivity contribution in [1.82, 2.24) is 10.2 Å². The van der Waals surface area contributed by atoms with Gasteiger partial charge in [-0.05, 0) is 68.0 Å². The molecule has 1 fully saturated rings. The number of hydrogen-bond donors (Lipinski definition) is 2. The van der Waals surface area contributed by atoms with Gasteiger partial charge in [-0.25, -0.2) is 8.78 Å². The van der Waals surface area contributed by atoms with Gasteiger partial charge in [-0.15, -0.1) is 0 Å². The molecule has 4 rings (SSSR count). The first-order chi connectivity index (χ1) is 14.4. The molecule has 30 heavy (non-hydrogen) atoms. The van der Waals surface area contributed by atoms with Crippen LogP contribution in [0.5, 0.6) is 0 Å². The fourth-order valence-electron chi connectivity index (χ4n) is 4.01. The van der Waals surface area contributed by atoms with Crippen LogP contribution in [0.2, 0.25) is 5.02 Å². The van der Waals surface area contributed by atoms with Gasteiger partial charge in [0.15, 0.2) is 5.78 Å². The summed E-state index contributed by atoms with van der Waals surface area (Å²) in [7, 11) is 0. The molecular formula is C22H20ClF2N3O2. The van der Waals surface area contributed by atoms with Gasteiger partial charge < -0.3 is 5.32 Å². The first-order valence-corrected chi connectivity index (χ1v) is 10.2. The molecule has 0 saturated heterocycles. The minimum atomic E-state index is -0.462. The van der Waals surface area contributed by atoms with Gasteiger partial charge in [0, 0.05) is 17.7 Å². The fourth-order valence-corrected chi connectivity index (χ4v) is 4.23. The van der Waals surface area contributed by atoms with Crippen LogP contribution < -0.4 is 5.32 Å². The van der Waals surface area contributed by atoms with E-state index >= 15 is 0 Å². The zero-order valence-corrected chi connectivity index (χ0v) is 16.8. The van der Waals surface area contributed by atoms with E-state index in [1.54, 1.807) is 6.07 Å². The van der Waals surface area contributed by atoms with Crippen molar-refractivity contribution in [3.05, 3.63) is 58.7 Å². The monoisotopic (exact) mass is 431 g/mol. The number of nitrogens with one attached hydrogen (secondary N) is 2. The zero-order valence-electron chi connectivity index (χ0n) is 16.1. The van der Waals surface area contributed by atoms with Crippen molar-refractivity contribution in [2.75, 3.05) is 5.32 Å². The molecule has 1 aromatic heterocycles. The third-order valence-corrected chi connectivity index (χ3v) is 5.98. The number of anilines is 1. The number of Topliss-reactive ketones (excluding diaryl/α,β-unsaturated/α-hetero) is 1. The Labute approximate surface area is 176 Å². The SMILES string of the molecule is O=C(CC1CCC(C(=O)Nc2ccc(F)cc2Cl)CC1)c1n[nH]c2ccc(F)cc12. The van der Waals surface area contributed by atoms with Gasteiger partial charge in [-0.3, -0.25) is 14.7 Å². The number of H-pyrrole nitrogens is 1. The van der Waals surface area contributed by atoms with Crippen molar-refractivity contribution >= 4 is 39.9 Å². The van der Waals surface area contributed by atoms with Crippen LogP contribution in [0.1, 0.15) is 42.6 Å². The van der Waals surface area contributed by atoms with Crippen LogP contribution in [0.15, 0.2) is 36.4 Å². The highest BCUT2D eigenvalue weighted by atomic mass is 35.5. The van der Waals surface area contributed by atoms with Gasteiger partial charge in [-0.2, -0.15) is 5.10 Å². The second-order valence-corrected chi connectivity index (χ2v) is 8.13. The van der Waals surface area contributed by atoms with Crippen molar-refractivity contribution in [2.45, 2.75) is 32.1 Å². The molecule has 0 radical (unpaired) electrons. The van der Waals surface area contributed by atoms with Crippen molar-refractivity contribution in [2.24, 2.45) is 11.8 Å². The van der Waals surface area contributed by atoms with E-state index < -0.39 is 11.6 Å².